The van der Waals surface area contributed by atoms with Crippen LogP contribution in [0, 0.1) is 17.2 Å². The zero-order chi connectivity index (χ0) is 38.0. The van der Waals surface area contributed by atoms with Crippen molar-refractivity contribution in [3.63, 3.8) is 0 Å². The molecule has 0 unspecified atom stereocenters. The number of carbonyl (C=O) groups is 3. The largest absolute Gasteiger partial charge is 0.497 e. The lowest BCUT2D eigenvalue weighted by atomic mass is 9.66. The zero-order valence-corrected chi connectivity index (χ0v) is 30.9. The maximum absolute atomic E-state index is 15.9. The minimum absolute atomic E-state index is 0.0201. The van der Waals surface area contributed by atoms with Crippen LogP contribution >= 0.6 is 11.6 Å². The predicted octanol–water partition coefficient (Wildman–Crippen LogP) is 6.13. The smallest absolute Gasteiger partial charge is 0.312 e. The molecular formula is C37H43ClF3N5O7. The van der Waals surface area contributed by atoms with Crippen molar-refractivity contribution in [3.05, 3.63) is 63.2 Å². The number of benzene rings is 2. The average molecular weight is 762 g/mol. The van der Waals surface area contributed by atoms with E-state index in [2.05, 4.69) is 10.3 Å². The number of methoxy groups -OCH3 is 2. The lowest BCUT2D eigenvalue weighted by Crippen LogP contribution is -2.53. The maximum atomic E-state index is 15.9. The fourth-order valence-corrected chi connectivity index (χ4v) is 8.18. The second-order valence-electron chi connectivity index (χ2n) is 13.9. The topological polar surface area (TPSA) is 125 Å². The Labute approximate surface area is 310 Å². The van der Waals surface area contributed by atoms with E-state index in [1.165, 1.54) is 21.3 Å². The van der Waals surface area contributed by atoms with Gasteiger partial charge in [-0.25, -0.2) is 17.9 Å². The summed E-state index contributed by atoms with van der Waals surface area (Å²) in [4.78, 5) is 45.1. The predicted molar refractivity (Wildman–Crippen MR) is 185 cm³/mol. The van der Waals surface area contributed by atoms with E-state index in [9.17, 15) is 23.2 Å². The summed E-state index contributed by atoms with van der Waals surface area (Å²) in [5.74, 6) is -1.85. The number of halogens is 4. The van der Waals surface area contributed by atoms with E-state index in [1.54, 1.807) is 34.9 Å². The van der Waals surface area contributed by atoms with Crippen LogP contribution in [0.1, 0.15) is 86.0 Å². The first-order chi connectivity index (χ1) is 25.4. The number of hydrogen-bond acceptors (Lipinski definition) is 9. The molecule has 1 aliphatic carbocycles. The molecule has 6 rings (SSSR count). The number of fused-ring (bicyclic) bond motifs is 1. The number of amides is 2. The molecule has 2 aromatic carbocycles. The Morgan fingerprint density at radius 1 is 1.08 bits per heavy atom. The number of likely N-dealkylation sites (tertiary alicyclic amines) is 1. The second-order valence-corrected chi connectivity index (χ2v) is 14.3. The molecule has 0 spiro atoms. The van der Waals surface area contributed by atoms with Gasteiger partial charge in [-0.2, -0.15) is 0 Å². The van der Waals surface area contributed by atoms with E-state index in [-0.39, 0.29) is 60.0 Å². The van der Waals surface area contributed by atoms with Gasteiger partial charge in [-0.1, -0.05) is 29.7 Å². The summed E-state index contributed by atoms with van der Waals surface area (Å²) in [6.45, 7) is 1.75. The van der Waals surface area contributed by atoms with Gasteiger partial charge >= 0.3 is 5.97 Å². The molecule has 0 N–H and O–H groups in total. The molecule has 2 amide bonds. The van der Waals surface area contributed by atoms with Crippen LogP contribution in [0.4, 0.5) is 13.2 Å². The highest BCUT2D eigenvalue weighted by Crippen LogP contribution is 2.48. The first-order valence-electron chi connectivity index (χ1n) is 17.6. The van der Waals surface area contributed by atoms with Crippen molar-refractivity contribution in [1.82, 2.24) is 24.8 Å². The lowest BCUT2D eigenvalue weighted by molar-refractivity contribution is -0.169. The summed E-state index contributed by atoms with van der Waals surface area (Å²) in [6.07, 6.45) is 0.479. The van der Waals surface area contributed by atoms with Crippen LogP contribution in [0.15, 0.2) is 24.3 Å². The number of ether oxygens (including phenoxy) is 4. The van der Waals surface area contributed by atoms with Crippen molar-refractivity contribution < 1.29 is 46.5 Å². The molecule has 1 saturated heterocycles. The van der Waals surface area contributed by atoms with Gasteiger partial charge in [0.15, 0.2) is 11.6 Å². The number of hydrogen-bond donors (Lipinski definition) is 0. The van der Waals surface area contributed by atoms with Gasteiger partial charge < -0.3 is 28.7 Å². The van der Waals surface area contributed by atoms with E-state index in [4.69, 9.17) is 30.5 Å². The van der Waals surface area contributed by atoms with E-state index in [1.807, 2.05) is 0 Å². The standard InChI is InChI=1S/C37H43ClF3N5O7/c1-37(36(49)53-19-21-10-11-22(50-3)16-29(21)51-4)13-6-5-8-24(37)35(48)46-15-12-23-25(38)17-26(39)33(31(23)28(46)18-45-14-7-9-30(45)47)52-20-27-32(34(40)41)44(2)43-42-27/h10-11,16-17,24,28,34H,5-9,12-15,18-20H2,1-4H3/t24-,28+,37-/m0/s1. The molecule has 2 aliphatic heterocycles. The maximum Gasteiger partial charge on any atom is 0.312 e. The summed E-state index contributed by atoms with van der Waals surface area (Å²) >= 11 is 6.62. The minimum atomic E-state index is -2.91. The molecule has 1 aromatic heterocycles. The molecule has 3 aliphatic rings. The third kappa shape index (κ3) is 7.49. The molecule has 0 bridgehead atoms. The Bertz CT molecular complexity index is 1880. The van der Waals surface area contributed by atoms with Crippen molar-refractivity contribution in [2.45, 2.75) is 77.6 Å². The normalized spacial score (nSPS) is 21.5. The third-order valence-electron chi connectivity index (χ3n) is 10.8. The highest BCUT2D eigenvalue weighted by molar-refractivity contribution is 6.31. The SMILES string of the molecule is COc1ccc(COC(=O)[C@@]2(C)CCCC[C@H]2C(=O)N2CCc3c(Cl)cc(F)c(OCc4nnn(C)c4C(F)F)c3[C@H]2CN2CCCC2=O)c(OC)c1. The van der Waals surface area contributed by atoms with Crippen LogP contribution in [-0.4, -0.2) is 76.4 Å². The Morgan fingerprint density at radius 3 is 2.57 bits per heavy atom. The Morgan fingerprint density at radius 2 is 1.87 bits per heavy atom. The van der Waals surface area contributed by atoms with E-state index in [0.29, 0.717) is 67.7 Å². The first-order valence-corrected chi connectivity index (χ1v) is 18.0. The monoisotopic (exact) mass is 761 g/mol. The quantitative estimate of drug-likeness (QED) is 0.201. The molecule has 12 nitrogen and oxygen atoms in total. The molecule has 0 radical (unpaired) electrons. The number of carbonyl (C=O) groups excluding carboxylic acids is 3. The van der Waals surface area contributed by atoms with Gasteiger partial charge in [-0.05, 0) is 56.4 Å². The molecule has 2 fully saturated rings. The Hall–Kier alpha value is -4.53. The Kier molecular flexibility index (Phi) is 11.4. The van der Waals surface area contributed by atoms with Crippen LogP contribution in [-0.2, 0) is 45.8 Å². The van der Waals surface area contributed by atoms with Crippen LogP contribution in [0.2, 0.25) is 5.02 Å². The third-order valence-corrected chi connectivity index (χ3v) is 11.2. The van der Waals surface area contributed by atoms with E-state index in [0.717, 1.165) is 10.7 Å². The number of esters is 1. The lowest BCUT2D eigenvalue weighted by Gasteiger charge is -2.45. The number of alkyl halides is 2. The van der Waals surface area contributed by atoms with Crippen LogP contribution in [0.3, 0.4) is 0 Å². The number of aromatic nitrogens is 3. The molecule has 286 valence electrons. The van der Waals surface area contributed by atoms with Gasteiger partial charge in [0, 0.05) is 55.3 Å². The van der Waals surface area contributed by atoms with Crippen LogP contribution < -0.4 is 14.2 Å². The highest BCUT2D eigenvalue weighted by Gasteiger charge is 2.51. The summed E-state index contributed by atoms with van der Waals surface area (Å²) in [5, 5.41) is 7.58. The van der Waals surface area contributed by atoms with Crippen molar-refractivity contribution in [2.75, 3.05) is 33.9 Å². The van der Waals surface area contributed by atoms with Crippen LogP contribution in [0.25, 0.3) is 0 Å². The van der Waals surface area contributed by atoms with Gasteiger partial charge in [0.05, 0.1) is 31.6 Å². The number of aryl methyl sites for hydroxylation is 1. The molecule has 16 heteroatoms. The summed E-state index contributed by atoms with van der Waals surface area (Å²) in [5.41, 5.74) is -0.442. The van der Waals surface area contributed by atoms with E-state index >= 15 is 4.39 Å². The van der Waals surface area contributed by atoms with Crippen molar-refractivity contribution in [1.29, 1.82) is 0 Å². The first kappa shape index (κ1) is 38.2. The molecule has 3 aromatic rings. The minimum Gasteiger partial charge on any atom is -0.497 e. The van der Waals surface area contributed by atoms with Crippen LogP contribution in [0.5, 0.6) is 17.2 Å². The molecule has 1 saturated carbocycles. The van der Waals surface area contributed by atoms with Crippen molar-refractivity contribution in [2.24, 2.45) is 18.4 Å². The molecule has 3 heterocycles. The molecule has 3 atom stereocenters. The summed E-state index contributed by atoms with van der Waals surface area (Å²) in [6, 6.07) is 5.35. The molecular weight excluding hydrogens is 719 g/mol. The zero-order valence-electron chi connectivity index (χ0n) is 30.1. The highest BCUT2D eigenvalue weighted by atomic mass is 35.5. The second kappa shape index (κ2) is 15.8. The van der Waals surface area contributed by atoms with Gasteiger partial charge in [0.25, 0.3) is 6.43 Å². The number of nitrogens with zero attached hydrogens (tertiary/aromatic N) is 5. The summed E-state index contributed by atoms with van der Waals surface area (Å²) in [7, 11) is 4.36. The average Bonchev–Trinajstić information content (AvgIpc) is 3.73. The summed E-state index contributed by atoms with van der Waals surface area (Å²) < 4.78 is 67.1. The van der Waals surface area contributed by atoms with Gasteiger partial charge in [0.2, 0.25) is 11.8 Å². The van der Waals surface area contributed by atoms with Gasteiger partial charge in [0.1, 0.15) is 36.1 Å². The van der Waals surface area contributed by atoms with Crippen molar-refractivity contribution >= 4 is 29.4 Å². The Balaban J connectivity index is 1.33. The fraction of sp³-hybridized carbons (Fsp3) is 0.541. The van der Waals surface area contributed by atoms with E-state index < -0.39 is 47.9 Å². The van der Waals surface area contributed by atoms with Gasteiger partial charge in [-0.3, -0.25) is 14.4 Å². The number of rotatable bonds is 12. The van der Waals surface area contributed by atoms with Gasteiger partial charge in [-0.15, -0.1) is 5.10 Å². The van der Waals surface area contributed by atoms with Crippen molar-refractivity contribution in [3.8, 4) is 17.2 Å². The fourth-order valence-electron chi connectivity index (χ4n) is 7.89. The molecule has 53 heavy (non-hydrogen) atoms.